The third kappa shape index (κ3) is 3.18. The van der Waals surface area contributed by atoms with E-state index in [-0.39, 0.29) is 5.91 Å². The number of aliphatic hydroxyl groups is 1. The van der Waals surface area contributed by atoms with Gasteiger partial charge in [0.15, 0.2) is 0 Å². The van der Waals surface area contributed by atoms with Gasteiger partial charge in [-0.25, -0.2) is 0 Å². The highest BCUT2D eigenvalue weighted by Gasteiger charge is 2.29. The Labute approximate surface area is 132 Å². The normalized spacial score (nSPS) is 21.5. The van der Waals surface area contributed by atoms with E-state index in [4.69, 9.17) is 0 Å². The molecule has 3 rings (SSSR count). The molecule has 1 saturated carbocycles. The molecule has 0 radical (unpaired) electrons. The molecule has 1 aliphatic heterocycles. The van der Waals surface area contributed by atoms with Crippen LogP contribution in [0.4, 0.5) is 0 Å². The van der Waals surface area contributed by atoms with Crippen molar-refractivity contribution in [2.24, 2.45) is 0 Å². The maximum atomic E-state index is 12.6. The lowest BCUT2D eigenvalue weighted by Crippen LogP contribution is -2.53. The van der Waals surface area contributed by atoms with Crippen molar-refractivity contribution in [2.45, 2.75) is 44.8 Å². The van der Waals surface area contributed by atoms with E-state index in [0.717, 1.165) is 43.3 Å². The van der Waals surface area contributed by atoms with E-state index in [2.05, 4.69) is 4.90 Å². The summed E-state index contributed by atoms with van der Waals surface area (Å²) in [5, 5.41) is 9.82. The first-order valence-corrected chi connectivity index (χ1v) is 8.50. The van der Waals surface area contributed by atoms with Gasteiger partial charge in [-0.1, -0.05) is 25.5 Å². The molecule has 0 bridgehead atoms. The van der Waals surface area contributed by atoms with Crippen molar-refractivity contribution in [2.75, 3.05) is 26.2 Å². The molecule has 1 heterocycles. The number of amides is 1. The zero-order valence-electron chi connectivity index (χ0n) is 13.4. The number of benzene rings is 1. The standard InChI is InChI=1S/C18H26N2O2/c1-2-17(21)14-6-8-15(9-7-14)18(22)20-12-10-19(11-13-20)16-4-3-5-16/h6-9,16-17,21H,2-5,10-13H2,1H3. The predicted molar refractivity (Wildman–Crippen MR) is 86.8 cm³/mol. The summed E-state index contributed by atoms with van der Waals surface area (Å²) < 4.78 is 0. The van der Waals surface area contributed by atoms with Crippen molar-refractivity contribution in [3.63, 3.8) is 0 Å². The first-order valence-electron chi connectivity index (χ1n) is 8.50. The number of carbonyl (C=O) groups excluding carboxylic acids is 1. The first kappa shape index (κ1) is 15.5. The fraction of sp³-hybridized carbons (Fsp3) is 0.611. The van der Waals surface area contributed by atoms with E-state index >= 15 is 0 Å². The van der Waals surface area contributed by atoms with Gasteiger partial charge < -0.3 is 10.0 Å². The van der Waals surface area contributed by atoms with Crippen LogP contribution in [0.15, 0.2) is 24.3 Å². The summed E-state index contributed by atoms with van der Waals surface area (Å²) in [5.41, 5.74) is 1.61. The smallest absolute Gasteiger partial charge is 0.253 e. The van der Waals surface area contributed by atoms with Gasteiger partial charge in [0.05, 0.1) is 6.10 Å². The van der Waals surface area contributed by atoms with Crippen LogP contribution >= 0.6 is 0 Å². The maximum absolute atomic E-state index is 12.6. The summed E-state index contributed by atoms with van der Waals surface area (Å²) in [4.78, 5) is 17.0. The van der Waals surface area contributed by atoms with Crippen molar-refractivity contribution in [3.8, 4) is 0 Å². The molecule has 1 atom stereocenters. The molecule has 0 aromatic heterocycles. The van der Waals surface area contributed by atoms with Crippen molar-refractivity contribution in [1.82, 2.24) is 9.80 Å². The Morgan fingerprint density at radius 2 is 1.82 bits per heavy atom. The molecule has 22 heavy (non-hydrogen) atoms. The lowest BCUT2D eigenvalue weighted by atomic mass is 9.91. The van der Waals surface area contributed by atoms with Crippen LogP contribution < -0.4 is 0 Å². The maximum Gasteiger partial charge on any atom is 0.253 e. The fourth-order valence-corrected chi connectivity index (χ4v) is 3.31. The van der Waals surface area contributed by atoms with Crippen LogP contribution in [0.2, 0.25) is 0 Å². The minimum Gasteiger partial charge on any atom is -0.388 e. The summed E-state index contributed by atoms with van der Waals surface area (Å²) in [7, 11) is 0. The zero-order valence-corrected chi connectivity index (χ0v) is 13.4. The second kappa shape index (κ2) is 6.80. The Bertz CT molecular complexity index is 502. The average Bonchev–Trinajstić information content (AvgIpc) is 2.53. The molecule has 2 aliphatic rings. The van der Waals surface area contributed by atoms with Crippen LogP contribution in [-0.2, 0) is 0 Å². The number of carbonyl (C=O) groups is 1. The van der Waals surface area contributed by atoms with Crippen LogP contribution in [0, 0.1) is 0 Å². The average molecular weight is 302 g/mol. The number of nitrogens with zero attached hydrogens (tertiary/aromatic N) is 2. The topological polar surface area (TPSA) is 43.8 Å². The summed E-state index contributed by atoms with van der Waals surface area (Å²) in [6.07, 6.45) is 4.27. The summed E-state index contributed by atoms with van der Waals surface area (Å²) in [6.45, 7) is 5.61. The number of piperazine rings is 1. The fourth-order valence-electron chi connectivity index (χ4n) is 3.31. The minimum absolute atomic E-state index is 0.116. The first-order chi connectivity index (χ1) is 10.7. The molecule has 1 aromatic rings. The molecule has 1 aromatic carbocycles. The SMILES string of the molecule is CCC(O)c1ccc(C(=O)N2CCN(C3CCC3)CC2)cc1. The second-order valence-electron chi connectivity index (χ2n) is 6.46. The Hall–Kier alpha value is -1.39. The molecule has 120 valence electrons. The molecule has 4 nitrogen and oxygen atoms in total. The Balaban J connectivity index is 1.57. The number of hydrogen-bond acceptors (Lipinski definition) is 3. The summed E-state index contributed by atoms with van der Waals surface area (Å²) in [5.74, 6) is 0.116. The highest BCUT2D eigenvalue weighted by molar-refractivity contribution is 5.94. The number of rotatable bonds is 4. The molecule has 1 N–H and O–H groups in total. The quantitative estimate of drug-likeness (QED) is 0.929. The highest BCUT2D eigenvalue weighted by atomic mass is 16.3. The molecular formula is C18H26N2O2. The molecule has 1 unspecified atom stereocenters. The van der Waals surface area contributed by atoms with Crippen molar-refractivity contribution in [1.29, 1.82) is 0 Å². The third-order valence-corrected chi connectivity index (χ3v) is 5.12. The van der Waals surface area contributed by atoms with Crippen LogP contribution in [0.5, 0.6) is 0 Å². The van der Waals surface area contributed by atoms with E-state index in [9.17, 15) is 9.90 Å². The van der Waals surface area contributed by atoms with Crippen LogP contribution in [-0.4, -0.2) is 53.0 Å². The molecule has 1 saturated heterocycles. The van der Waals surface area contributed by atoms with Gasteiger partial charge >= 0.3 is 0 Å². The van der Waals surface area contributed by atoms with Crippen molar-refractivity contribution in [3.05, 3.63) is 35.4 Å². The summed E-state index contributed by atoms with van der Waals surface area (Å²) >= 11 is 0. The minimum atomic E-state index is -0.435. The molecule has 1 amide bonds. The van der Waals surface area contributed by atoms with Crippen LogP contribution in [0.3, 0.4) is 0 Å². The van der Waals surface area contributed by atoms with Crippen LogP contribution in [0.1, 0.15) is 54.6 Å². The number of aliphatic hydroxyl groups excluding tert-OH is 1. The van der Waals surface area contributed by atoms with E-state index in [0.29, 0.717) is 6.42 Å². The van der Waals surface area contributed by atoms with Gasteiger partial charge in [0.25, 0.3) is 5.91 Å². The Morgan fingerprint density at radius 1 is 1.18 bits per heavy atom. The van der Waals surface area contributed by atoms with E-state index in [1.54, 1.807) is 0 Å². The Kier molecular flexibility index (Phi) is 4.79. The van der Waals surface area contributed by atoms with Gasteiger partial charge in [-0.15, -0.1) is 0 Å². The van der Waals surface area contributed by atoms with Gasteiger partial charge in [0.1, 0.15) is 0 Å². The van der Waals surface area contributed by atoms with Gasteiger partial charge in [-0.05, 0) is 37.0 Å². The van der Waals surface area contributed by atoms with Gasteiger partial charge in [0.2, 0.25) is 0 Å². The third-order valence-electron chi connectivity index (χ3n) is 5.12. The predicted octanol–water partition coefficient (Wildman–Crippen LogP) is 2.44. The lowest BCUT2D eigenvalue weighted by molar-refractivity contribution is 0.0455. The molecule has 0 spiro atoms. The summed E-state index contributed by atoms with van der Waals surface area (Å²) in [6, 6.07) is 8.19. The largest absolute Gasteiger partial charge is 0.388 e. The zero-order chi connectivity index (χ0) is 15.5. The molecule has 1 aliphatic carbocycles. The number of hydrogen-bond donors (Lipinski definition) is 1. The van der Waals surface area contributed by atoms with E-state index in [1.165, 1.54) is 19.3 Å². The molecule has 2 fully saturated rings. The van der Waals surface area contributed by atoms with Gasteiger partial charge in [0, 0.05) is 37.8 Å². The van der Waals surface area contributed by atoms with Crippen LogP contribution in [0.25, 0.3) is 0 Å². The second-order valence-corrected chi connectivity index (χ2v) is 6.46. The Morgan fingerprint density at radius 3 is 2.32 bits per heavy atom. The monoisotopic (exact) mass is 302 g/mol. The highest BCUT2D eigenvalue weighted by Crippen LogP contribution is 2.26. The van der Waals surface area contributed by atoms with Crippen molar-refractivity contribution >= 4 is 5.91 Å². The molecular weight excluding hydrogens is 276 g/mol. The lowest BCUT2D eigenvalue weighted by Gasteiger charge is -2.42. The van der Waals surface area contributed by atoms with E-state index in [1.807, 2.05) is 36.1 Å². The van der Waals surface area contributed by atoms with E-state index < -0.39 is 6.10 Å². The van der Waals surface area contributed by atoms with Gasteiger partial charge in [-0.2, -0.15) is 0 Å². The van der Waals surface area contributed by atoms with Crippen molar-refractivity contribution < 1.29 is 9.90 Å². The van der Waals surface area contributed by atoms with Gasteiger partial charge in [-0.3, -0.25) is 9.69 Å². The molecule has 4 heteroatoms.